The Bertz CT molecular complexity index is 186. The molecule has 0 aromatic rings. The van der Waals surface area contributed by atoms with Gasteiger partial charge < -0.3 is 5.11 Å². The number of aliphatic carboxylic acids is 1. The molecule has 0 aromatic carbocycles. The molecule has 0 aliphatic carbocycles. The van der Waals surface area contributed by atoms with Crippen molar-refractivity contribution in [3.8, 4) is 0 Å². The van der Waals surface area contributed by atoms with Crippen LogP contribution < -0.4 is 0 Å². The summed E-state index contributed by atoms with van der Waals surface area (Å²) in [6.45, 7) is 4.96. The van der Waals surface area contributed by atoms with E-state index in [1.165, 1.54) is 0 Å². The third-order valence-electron chi connectivity index (χ3n) is 2.49. The van der Waals surface area contributed by atoms with E-state index in [0.29, 0.717) is 12.5 Å². The van der Waals surface area contributed by atoms with E-state index in [1.54, 1.807) is 0 Å². The van der Waals surface area contributed by atoms with Crippen molar-refractivity contribution in [1.82, 2.24) is 4.90 Å². The molecule has 0 spiro atoms. The fraction of sp³-hybridized carbons (Fsp3) is 0.889. The van der Waals surface area contributed by atoms with Gasteiger partial charge >= 0.3 is 5.97 Å². The van der Waals surface area contributed by atoms with Crippen LogP contribution in [0.2, 0.25) is 0 Å². The zero-order chi connectivity index (χ0) is 9.84. The van der Waals surface area contributed by atoms with Crippen molar-refractivity contribution < 1.29 is 9.90 Å². The highest BCUT2D eigenvalue weighted by Crippen LogP contribution is 2.19. The molecule has 76 valence electrons. The van der Waals surface area contributed by atoms with Gasteiger partial charge in [0.2, 0.25) is 0 Å². The summed E-state index contributed by atoms with van der Waals surface area (Å²) in [7, 11) is 0. The smallest absolute Gasteiger partial charge is 0.320 e. The first kappa shape index (κ1) is 10.9. The van der Waals surface area contributed by atoms with Crippen LogP contribution in [0.1, 0.15) is 20.3 Å². The molecule has 1 rings (SSSR count). The molecule has 2 atom stereocenters. The summed E-state index contributed by atoms with van der Waals surface area (Å²) in [6.07, 6.45) is 0.699. The first-order valence-electron chi connectivity index (χ1n) is 4.73. The van der Waals surface area contributed by atoms with Crippen LogP contribution in [0.25, 0.3) is 0 Å². The highest BCUT2D eigenvalue weighted by atomic mass is 32.2. The number of carboxylic acids is 1. The second-order valence-corrected chi connectivity index (χ2v) is 4.57. The van der Waals surface area contributed by atoms with Crippen molar-refractivity contribution in [2.24, 2.45) is 0 Å². The SMILES string of the molecule is CCC(C(=O)O)N1CCSCC1C. The second kappa shape index (κ2) is 4.86. The van der Waals surface area contributed by atoms with E-state index in [-0.39, 0.29) is 6.04 Å². The van der Waals surface area contributed by atoms with Crippen LogP contribution in [0.5, 0.6) is 0 Å². The van der Waals surface area contributed by atoms with Crippen molar-refractivity contribution in [2.75, 3.05) is 18.1 Å². The molecule has 4 heteroatoms. The van der Waals surface area contributed by atoms with Crippen LogP contribution >= 0.6 is 11.8 Å². The van der Waals surface area contributed by atoms with E-state index in [4.69, 9.17) is 5.11 Å². The van der Waals surface area contributed by atoms with Crippen LogP contribution in [0.15, 0.2) is 0 Å². The molecule has 13 heavy (non-hydrogen) atoms. The minimum atomic E-state index is -0.679. The van der Waals surface area contributed by atoms with Gasteiger partial charge in [0.15, 0.2) is 0 Å². The van der Waals surface area contributed by atoms with Gasteiger partial charge in [0.05, 0.1) is 0 Å². The highest BCUT2D eigenvalue weighted by molar-refractivity contribution is 7.99. The predicted octanol–water partition coefficient (Wildman–Crippen LogP) is 1.29. The van der Waals surface area contributed by atoms with Gasteiger partial charge in [0, 0.05) is 24.1 Å². The van der Waals surface area contributed by atoms with Crippen molar-refractivity contribution in [2.45, 2.75) is 32.4 Å². The lowest BCUT2D eigenvalue weighted by Gasteiger charge is -2.36. The Kier molecular flexibility index (Phi) is 4.06. The van der Waals surface area contributed by atoms with E-state index >= 15 is 0 Å². The molecule has 1 N–H and O–H groups in total. The molecular formula is C9H17NO2S. The number of hydrogen-bond donors (Lipinski definition) is 1. The van der Waals surface area contributed by atoms with E-state index < -0.39 is 5.97 Å². The minimum Gasteiger partial charge on any atom is -0.480 e. The van der Waals surface area contributed by atoms with Crippen molar-refractivity contribution in [1.29, 1.82) is 0 Å². The van der Waals surface area contributed by atoms with E-state index in [0.717, 1.165) is 18.1 Å². The fourth-order valence-corrected chi connectivity index (χ4v) is 2.79. The maximum absolute atomic E-state index is 10.9. The summed E-state index contributed by atoms with van der Waals surface area (Å²) >= 11 is 1.91. The molecular weight excluding hydrogens is 186 g/mol. The third-order valence-corrected chi connectivity index (χ3v) is 3.68. The molecule has 0 bridgehead atoms. The fourth-order valence-electron chi connectivity index (χ4n) is 1.75. The van der Waals surface area contributed by atoms with E-state index in [1.807, 2.05) is 18.7 Å². The number of rotatable bonds is 3. The summed E-state index contributed by atoms with van der Waals surface area (Å²) in [5.74, 6) is 1.44. The van der Waals surface area contributed by atoms with Gasteiger partial charge in [-0.15, -0.1) is 0 Å². The molecule has 0 radical (unpaired) electrons. The summed E-state index contributed by atoms with van der Waals surface area (Å²) in [5.41, 5.74) is 0. The molecule has 2 unspecified atom stereocenters. The molecule has 1 aliphatic rings. The number of nitrogens with zero attached hydrogens (tertiary/aromatic N) is 1. The largest absolute Gasteiger partial charge is 0.480 e. The van der Waals surface area contributed by atoms with Crippen molar-refractivity contribution in [3.05, 3.63) is 0 Å². The summed E-state index contributed by atoms with van der Waals surface area (Å²) in [6, 6.07) is 0.121. The Balaban J connectivity index is 2.60. The van der Waals surface area contributed by atoms with E-state index in [2.05, 4.69) is 11.8 Å². The first-order chi connectivity index (χ1) is 6.16. The monoisotopic (exact) mass is 203 g/mol. The van der Waals surface area contributed by atoms with Crippen molar-refractivity contribution in [3.63, 3.8) is 0 Å². The quantitative estimate of drug-likeness (QED) is 0.750. The maximum Gasteiger partial charge on any atom is 0.320 e. The van der Waals surface area contributed by atoms with Gasteiger partial charge in [-0.25, -0.2) is 0 Å². The topological polar surface area (TPSA) is 40.5 Å². The molecule has 0 aromatic heterocycles. The average molecular weight is 203 g/mol. The molecule has 1 aliphatic heterocycles. The Morgan fingerprint density at radius 1 is 1.77 bits per heavy atom. The number of carbonyl (C=O) groups is 1. The van der Waals surface area contributed by atoms with Crippen molar-refractivity contribution >= 4 is 17.7 Å². The van der Waals surface area contributed by atoms with Gasteiger partial charge in [-0.05, 0) is 13.3 Å². The average Bonchev–Trinajstić information content (AvgIpc) is 2.09. The Labute approximate surface area is 83.5 Å². The lowest BCUT2D eigenvalue weighted by molar-refractivity contribution is -0.144. The molecule has 1 heterocycles. The van der Waals surface area contributed by atoms with Crippen LogP contribution in [-0.4, -0.2) is 46.1 Å². The Morgan fingerprint density at radius 3 is 2.92 bits per heavy atom. The predicted molar refractivity (Wildman–Crippen MR) is 55.2 cm³/mol. The van der Waals surface area contributed by atoms with Crippen LogP contribution in [0.3, 0.4) is 0 Å². The van der Waals surface area contributed by atoms with E-state index in [9.17, 15) is 4.79 Å². The van der Waals surface area contributed by atoms with Crippen LogP contribution in [0.4, 0.5) is 0 Å². The second-order valence-electron chi connectivity index (χ2n) is 3.42. The number of carboxylic acid groups (broad SMARTS) is 1. The third kappa shape index (κ3) is 2.61. The lowest BCUT2D eigenvalue weighted by atomic mass is 10.1. The van der Waals surface area contributed by atoms with Gasteiger partial charge in [-0.1, -0.05) is 6.92 Å². The van der Waals surface area contributed by atoms with Crippen LogP contribution in [0, 0.1) is 0 Å². The zero-order valence-corrected chi connectivity index (χ0v) is 9.01. The number of thioether (sulfide) groups is 1. The summed E-state index contributed by atoms with van der Waals surface area (Å²) < 4.78 is 0. The van der Waals surface area contributed by atoms with Gasteiger partial charge in [0.25, 0.3) is 0 Å². The van der Waals surface area contributed by atoms with Gasteiger partial charge in [-0.2, -0.15) is 11.8 Å². The summed E-state index contributed by atoms with van der Waals surface area (Å²) in [5, 5.41) is 8.99. The molecule has 1 fully saturated rings. The van der Waals surface area contributed by atoms with Gasteiger partial charge in [0.1, 0.15) is 6.04 Å². The molecule has 0 amide bonds. The molecule has 3 nitrogen and oxygen atoms in total. The minimum absolute atomic E-state index is 0.282. The zero-order valence-electron chi connectivity index (χ0n) is 8.19. The lowest BCUT2D eigenvalue weighted by Crippen LogP contribution is -2.50. The normalized spacial score (nSPS) is 27.1. The molecule has 1 saturated heterocycles. The highest BCUT2D eigenvalue weighted by Gasteiger charge is 2.29. The van der Waals surface area contributed by atoms with Gasteiger partial charge in [-0.3, -0.25) is 9.69 Å². The Hall–Kier alpha value is -0.220. The number of hydrogen-bond acceptors (Lipinski definition) is 3. The standard InChI is InChI=1S/C9H17NO2S/c1-3-8(9(11)12)10-4-5-13-6-7(10)2/h7-8H,3-6H2,1-2H3,(H,11,12). The first-order valence-corrected chi connectivity index (χ1v) is 5.88. The van der Waals surface area contributed by atoms with Crippen LogP contribution in [-0.2, 0) is 4.79 Å². The summed E-state index contributed by atoms with van der Waals surface area (Å²) in [4.78, 5) is 13.0. The Morgan fingerprint density at radius 2 is 2.46 bits per heavy atom. The molecule has 0 saturated carbocycles. The maximum atomic E-state index is 10.9.